The Bertz CT molecular complexity index is 1150. The Labute approximate surface area is 164 Å². The Morgan fingerprint density at radius 3 is 2.45 bits per heavy atom. The van der Waals surface area contributed by atoms with E-state index < -0.39 is 26.6 Å². The van der Waals surface area contributed by atoms with Gasteiger partial charge in [0.2, 0.25) is 0 Å². The zero-order valence-electron chi connectivity index (χ0n) is 14.7. The predicted molar refractivity (Wildman–Crippen MR) is 102 cm³/mol. The number of pyridine rings is 1. The second-order valence-corrected chi connectivity index (χ2v) is 7.54. The first-order valence-electron chi connectivity index (χ1n) is 8.16. The SMILES string of the molecule is O=[N+]([O-])c1ccccc1CNc1ccc(S(=O)(=O)Nc2ccc(F)c(F)c2)cn1. The van der Waals surface area contributed by atoms with Crippen LogP contribution in [0.4, 0.5) is 26.0 Å². The number of hydrogen-bond acceptors (Lipinski definition) is 6. The van der Waals surface area contributed by atoms with Gasteiger partial charge in [0.1, 0.15) is 10.7 Å². The highest BCUT2D eigenvalue weighted by Crippen LogP contribution is 2.21. The molecule has 0 saturated heterocycles. The standard InChI is InChI=1S/C18H14F2N4O4S/c19-15-7-5-13(9-16(15)20)23-29(27,28)14-6-8-18(22-11-14)21-10-12-3-1-2-4-17(12)24(25)26/h1-9,11,23H,10H2,(H,21,22). The van der Waals surface area contributed by atoms with Crippen LogP contribution in [0.2, 0.25) is 0 Å². The summed E-state index contributed by atoms with van der Waals surface area (Å²) in [6, 6.07) is 11.5. The molecular weight excluding hydrogens is 406 g/mol. The van der Waals surface area contributed by atoms with Crippen molar-refractivity contribution in [2.24, 2.45) is 0 Å². The van der Waals surface area contributed by atoms with Gasteiger partial charge in [0.15, 0.2) is 11.6 Å². The lowest BCUT2D eigenvalue weighted by molar-refractivity contribution is -0.385. The average molecular weight is 420 g/mol. The Morgan fingerprint density at radius 1 is 1.03 bits per heavy atom. The molecule has 0 amide bonds. The fourth-order valence-electron chi connectivity index (χ4n) is 2.44. The van der Waals surface area contributed by atoms with Gasteiger partial charge in [-0.2, -0.15) is 0 Å². The van der Waals surface area contributed by atoms with E-state index in [4.69, 9.17) is 0 Å². The molecule has 1 heterocycles. The molecular formula is C18H14F2N4O4S. The maximum absolute atomic E-state index is 13.2. The summed E-state index contributed by atoms with van der Waals surface area (Å²) in [5.74, 6) is -1.98. The van der Waals surface area contributed by atoms with Crippen molar-refractivity contribution < 1.29 is 22.1 Å². The fraction of sp³-hybridized carbons (Fsp3) is 0.0556. The molecule has 0 aliphatic heterocycles. The zero-order valence-corrected chi connectivity index (χ0v) is 15.5. The lowest BCUT2D eigenvalue weighted by Gasteiger charge is -2.10. The molecule has 0 unspecified atom stereocenters. The second kappa shape index (κ2) is 8.19. The van der Waals surface area contributed by atoms with Crippen LogP contribution < -0.4 is 10.0 Å². The molecule has 2 aromatic carbocycles. The highest BCUT2D eigenvalue weighted by molar-refractivity contribution is 7.92. The molecule has 11 heteroatoms. The Hall–Kier alpha value is -3.60. The summed E-state index contributed by atoms with van der Waals surface area (Å²) in [5, 5.41) is 13.9. The molecule has 0 aliphatic carbocycles. The van der Waals surface area contributed by atoms with E-state index in [1.807, 2.05) is 0 Å². The summed E-state index contributed by atoms with van der Waals surface area (Å²) < 4.78 is 53.0. The number of nitro groups is 1. The number of para-hydroxylation sites is 1. The van der Waals surface area contributed by atoms with E-state index in [1.165, 1.54) is 18.2 Å². The van der Waals surface area contributed by atoms with Gasteiger partial charge in [0, 0.05) is 30.4 Å². The van der Waals surface area contributed by atoms with E-state index in [9.17, 15) is 27.3 Å². The molecule has 150 valence electrons. The van der Waals surface area contributed by atoms with Crippen LogP contribution in [0.25, 0.3) is 0 Å². The zero-order chi connectivity index (χ0) is 21.0. The van der Waals surface area contributed by atoms with Crippen LogP contribution in [0.1, 0.15) is 5.56 Å². The summed E-state index contributed by atoms with van der Waals surface area (Å²) in [6.07, 6.45) is 1.07. The van der Waals surface area contributed by atoms with Gasteiger partial charge in [-0.15, -0.1) is 0 Å². The van der Waals surface area contributed by atoms with Crippen molar-refractivity contribution in [3.63, 3.8) is 0 Å². The monoisotopic (exact) mass is 420 g/mol. The topological polar surface area (TPSA) is 114 Å². The third-order valence-electron chi connectivity index (χ3n) is 3.87. The summed E-state index contributed by atoms with van der Waals surface area (Å²) in [5.41, 5.74) is 0.258. The largest absolute Gasteiger partial charge is 0.366 e. The number of nitrogens with zero attached hydrogens (tertiary/aromatic N) is 2. The van der Waals surface area contributed by atoms with Crippen LogP contribution in [0.5, 0.6) is 0 Å². The molecule has 0 spiro atoms. The molecule has 0 atom stereocenters. The van der Waals surface area contributed by atoms with E-state index in [1.54, 1.807) is 18.2 Å². The van der Waals surface area contributed by atoms with Crippen molar-refractivity contribution in [2.75, 3.05) is 10.0 Å². The number of benzene rings is 2. The third kappa shape index (κ3) is 4.82. The number of anilines is 2. The molecule has 29 heavy (non-hydrogen) atoms. The molecule has 0 bridgehead atoms. The first-order valence-corrected chi connectivity index (χ1v) is 9.65. The number of nitro benzene ring substituents is 1. The van der Waals surface area contributed by atoms with Crippen molar-refractivity contribution in [1.82, 2.24) is 4.98 Å². The number of hydrogen-bond donors (Lipinski definition) is 2. The van der Waals surface area contributed by atoms with Crippen LogP contribution in [-0.2, 0) is 16.6 Å². The van der Waals surface area contributed by atoms with E-state index >= 15 is 0 Å². The molecule has 8 nitrogen and oxygen atoms in total. The lowest BCUT2D eigenvalue weighted by Crippen LogP contribution is -2.14. The Balaban J connectivity index is 1.71. The Kier molecular flexibility index (Phi) is 5.69. The summed E-state index contributed by atoms with van der Waals surface area (Å²) in [7, 11) is -4.06. The van der Waals surface area contributed by atoms with Gasteiger partial charge >= 0.3 is 0 Å². The van der Waals surface area contributed by atoms with Crippen LogP contribution in [0.3, 0.4) is 0 Å². The van der Waals surface area contributed by atoms with Crippen LogP contribution in [-0.4, -0.2) is 18.3 Å². The van der Waals surface area contributed by atoms with Crippen molar-refractivity contribution in [1.29, 1.82) is 0 Å². The molecule has 0 aliphatic rings. The van der Waals surface area contributed by atoms with Crippen molar-refractivity contribution >= 4 is 27.2 Å². The first-order chi connectivity index (χ1) is 13.8. The number of rotatable bonds is 7. The van der Waals surface area contributed by atoms with E-state index in [2.05, 4.69) is 15.0 Å². The van der Waals surface area contributed by atoms with E-state index in [0.717, 1.165) is 24.4 Å². The average Bonchev–Trinajstić information content (AvgIpc) is 2.69. The highest BCUT2D eigenvalue weighted by atomic mass is 32.2. The fourth-order valence-corrected chi connectivity index (χ4v) is 3.44. The van der Waals surface area contributed by atoms with Gasteiger partial charge < -0.3 is 5.32 Å². The Morgan fingerprint density at radius 2 is 1.79 bits per heavy atom. The first kappa shape index (κ1) is 20.1. The molecule has 0 radical (unpaired) electrons. The second-order valence-electron chi connectivity index (χ2n) is 5.85. The number of halogens is 2. The highest BCUT2D eigenvalue weighted by Gasteiger charge is 2.16. The summed E-state index contributed by atoms with van der Waals surface area (Å²) in [6.45, 7) is 0.114. The number of aromatic nitrogens is 1. The predicted octanol–water partition coefficient (Wildman–Crippen LogP) is 3.68. The van der Waals surface area contributed by atoms with Gasteiger partial charge in [-0.05, 0) is 24.3 Å². The van der Waals surface area contributed by atoms with Crippen LogP contribution in [0.15, 0.2) is 65.7 Å². The molecule has 0 saturated carbocycles. The lowest BCUT2D eigenvalue weighted by atomic mass is 10.2. The maximum Gasteiger partial charge on any atom is 0.274 e. The molecule has 3 aromatic rings. The van der Waals surface area contributed by atoms with Gasteiger partial charge in [-0.3, -0.25) is 14.8 Å². The summed E-state index contributed by atoms with van der Waals surface area (Å²) >= 11 is 0. The minimum absolute atomic E-state index is 0.0464. The van der Waals surface area contributed by atoms with Crippen molar-refractivity contribution in [3.8, 4) is 0 Å². The molecule has 2 N–H and O–H groups in total. The third-order valence-corrected chi connectivity index (χ3v) is 5.23. The normalized spacial score (nSPS) is 11.1. The number of sulfonamides is 1. The summed E-state index contributed by atoms with van der Waals surface area (Å²) in [4.78, 5) is 14.3. The van der Waals surface area contributed by atoms with Gasteiger partial charge in [-0.25, -0.2) is 22.2 Å². The number of nitrogens with one attached hydrogen (secondary N) is 2. The minimum Gasteiger partial charge on any atom is -0.366 e. The van der Waals surface area contributed by atoms with Gasteiger partial charge in [-0.1, -0.05) is 18.2 Å². The maximum atomic E-state index is 13.2. The minimum atomic E-state index is -4.06. The molecule has 1 aromatic heterocycles. The van der Waals surface area contributed by atoms with Crippen LogP contribution in [0, 0.1) is 21.7 Å². The smallest absolute Gasteiger partial charge is 0.274 e. The van der Waals surface area contributed by atoms with E-state index in [0.29, 0.717) is 11.4 Å². The van der Waals surface area contributed by atoms with Crippen molar-refractivity contribution in [2.45, 2.75) is 11.4 Å². The van der Waals surface area contributed by atoms with Gasteiger partial charge in [0.05, 0.1) is 10.6 Å². The van der Waals surface area contributed by atoms with Crippen molar-refractivity contribution in [3.05, 3.63) is 88.1 Å². The quantitative estimate of drug-likeness (QED) is 0.445. The van der Waals surface area contributed by atoms with E-state index in [-0.39, 0.29) is 22.8 Å². The van der Waals surface area contributed by atoms with Gasteiger partial charge in [0.25, 0.3) is 15.7 Å². The molecule has 0 fully saturated rings. The molecule has 3 rings (SSSR count). The van der Waals surface area contributed by atoms with Crippen LogP contribution >= 0.6 is 0 Å².